The first-order valence-corrected chi connectivity index (χ1v) is 5.61. The number of carbonyl (C=O) groups is 1. The number of esters is 1. The second-order valence-corrected chi connectivity index (χ2v) is 3.47. The average molecular weight is 232 g/mol. The Morgan fingerprint density at radius 2 is 1.88 bits per heavy atom. The highest BCUT2D eigenvalue weighted by atomic mass is 16.5. The third-order valence-electron chi connectivity index (χ3n) is 2.12. The van der Waals surface area contributed by atoms with Crippen LogP contribution in [0.5, 0.6) is 11.5 Å². The molecule has 1 aromatic carbocycles. The normalized spacial score (nSPS) is 9.06. The van der Waals surface area contributed by atoms with Crippen LogP contribution in [0.15, 0.2) is 24.3 Å². The molecule has 0 amide bonds. The minimum Gasteiger partial charge on any atom is -0.497 e. The average Bonchev–Trinajstić information content (AvgIpc) is 2.36. The van der Waals surface area contributed by atoms with E-state index in [4.69, 9.17) is 9.47 Å². The molecule has 0 radical (unpaired) electrons. The summed E-state index contributed by atoms with van der Waals surface area (Å²) in [5.74, 6) is 5.90. The van der Waals surface area contributed by atoms with Gasteiger partial charge in [-0.25, -0.2) is 4.79 Å². The van der Waals surface area contributed by atoms with Crippen molar-refractivity contribution < 1.29 is 14.3 Å². The lowest BCUT2D eigenvalue weighted by Gasteiger charge is -2.01. The predicted molar refractivity (Wildman–Crippen MR) is 65.9 cm³/mol. The first kappa shape index (κ1) is 13.1. The molecule has 1 aromatic rings. The fourth-order valence-corrected chi connectivity index (χ4v) is 1.18. The van der Waals surface area contributed by atoms with Gasteiger partial charge >= 0.3 is 5.97 Å². The van der Waals surface area contributed by atoms with Gasteiger partial charge in [0.15, 0.2) is 0 Å². The molecule has 0 bridgehead atoms. The minimum atomic E-state index is -0.522. The van der Waals surface area contributed by atoms with E-state index in [0.29, 0.717) is 5.75 Å². The molecule has 0 unspecified atom stereocenters. The molecule has 0 heterocycles. The summed E-state index contributed by atoms with van der Waals surface area (Å²) in [7, 11) is 1.58. The monoisotopic (exact) mass is 232 g/mol. The summed E-state index contributed by atoms with van der Waals surface area (Å²) in [5.41, 5.74) is 0. The number of ether oxygens (including phenoxy) is 2. The maximum atomic E-state index is 11.3. The Bertz CT molecular complexity index is 409. The van der Waals surface area contributed by atoms with E-state index in [9.17, 15) is 4.79 Å². The second kappa shape index (κ2) is 7.34. The zero-order chi connectivity index (χ0) is 12.5. The molecule has 1 rings (SSSR count). The van der Waals surface area contributed by atoms with Gasteiger partial charge in [-0.15, -0.1) is 0 Å². The number of carbonyl (C=O) groups excluding carboxylic acids is 1. The lowest BCUT2D eigenvalue weighted by Crippen LogP contribution is -2.04. The SMILES string of the molecule is CCCCC#CC(=O)Oc1ccc(OC)cc1. The van der Waals surface area contributed by atoms with Crippen LogP contribution in [-0.2, 0) is 4.79 Å². The van der Waals surface area contributed by atoms with Crippen molar-refractivity contribution >= 4 is 5.97 Å². The van der Waals surface area contributed by atoms with Gasteiger partial charge in [-0.2, -0.15) is 0 Å². The van der Waals surface area contributed by atoms with Crippen LogP contribution in [0.25, 0.3) is 0 Å². The Balaban J connectivity index is 2.46. The molecule has 0 aliphatic heterocycles. The van der Waals surface area contributed by atoms with Crippen LogP contribution in [0.3, 0.4) is 0 Å². The topological polar surface area (TPSA) is 35.5 Å². The van der Waals surface area contributed by atoms with Gasteiger partial charge in [0.2, 0.25) is 0 Å². The first-order chi connectivity index (χ1) is 8.26. The Labute approximate surface area is 102 Å². The van der Waals surface area contributed by atoms with Gasteiger partial charge in [-0.3, -0.25) is 0 Å². The van der Waals surface area contributed by atoms with E-state index in [2.05, 4.69) is 18.8 Å². The van der Waals surface area contributed by atoms with Crippen molar-refractivity contribution in [3.05, 3.63) is 24.3 Å². The molecule has 0 saturated carbocycles. The highest BCUT2D eigenvalue weighted by Crippen LogP contribution is 2.16. The molecule has 0 atom stereocenters. The van der Waals surface area contributed by atoms with Crippen molar-refractivity contribution in [1.82, 2.24) is 0 Å². The van der Waals surface area contributed by atoms with Crippen LogP contribution in [-0.4, -0.2) is 13.1 Å². The molecule has 0 aromatic heterocycles. The van der Waals surface area contributed by atoms with Crippen molar-refractivity contribution in [3.8, 4) is 23.3 Å². The summed E-state index contributed by atoms with van der Waals surface area (Å²) in [4.78, 5) is 11.3. The zero-order valence-electron chi connectivity index (χ0n) is 10.2. The van der Waals surface area contributed by atoms with Gasteiger partial charge in [-0.05, 0) is 30.7 Å². The summed E-state index contributed by atoms with van der Waals surface area (Å²) in [6.45, 7) is 2.08. The van der Waals surface area contributed by atoms with Gasteiger partial charge in [0.25, 0.3) is 0 Å². The van der Waals surface area contributed by atoms with E-state index < -0.39 is 5.97 Å². The van der Waals surface area contributed by atoms with Gasteiger partial charge < -0.3 is 9.47 Å². The smallest absolute Gasteiger partial charge is 0.389 e. The van der Waals surface area contributed by atoms with Crippen LogP contribution in [0.4, 0.5) is 0 Å². The van der Waals surface area contributed by atoms with Crippen LogP contribution in [0, 0.1) is 11.8 Å². The fourth-order valence-electron chi connectivity index (χ4n) is 1.18. The molecule has 0 aliphatic rings. The molecule has 90 valence electrons. The largest absolute Gasteiger partial charge is 0.497 e. The Morgan fingerprint density at radius 1 is 1.24 bits per heavy atom. The highest BCUT2D eigenvalue weighted by molar-refractivity contribution is 5.90. The molecule has 0 aliphatic carbocycles. The van der Waals surface area contributed by atoms with Gasteiger partial charge in [0.05, 0.1) is 7.11 Å². The quantitative estimate of drug-likeness (QED) is 0.263. The van der Waals surface area contributed by atoms with Crippen molar-refractivity contribution in [2.45, 2.75) is 26.2 Å². The fraction of sp³-hybridized carbons (Fsp3) is 0.357. The van der Waals surface area contributed by atoms with Crippen molar-refractivity contribution in [2.24, 2.45) is 0 Å². The molecule has 0 saturated heterocycles. The van der Waals surface area contributed by atoms with E-state index in [1.807, 2.05) is 0 Å². The number of rotatable bonds is 4. The van der Waals surface area contributed by atoms with E-state index in [1.165, 1.54) is 0 Å². The summed E-state index contributed by atoms with van der Waals surface area (Å²) >= 11 is 0. The van der Waals surface area contributed by atoms with Crippen molar-refractivity contribution in [1.29, 1.82) is 0 Å². The van der Waals surface area contributed by atoms with Crippen LogP contribution in [0.1, 0.15) is 26.2 Å². The number of methoxy groups -OCH3 is 1. The van der Waals surface area contributed by atoms with E-state index in [-0.39, 0.29) is 0 Å². The molecule has 17 heavy (non-hydrogen) atoms. The number of hydrogen-bond acceptors (Lipinski definition) is 3. The number of benzene rings is 1. The maximum absolute atomic E-state index is 11.3. The van der Waals surface area contributed by atoms with Gasteiger partial charge in [-0.1, -0.05) is 19.3 Å². The van der Waals surface area contributed by atoms with E-state index >= 15 is 0 Å². The molecule has 0 N–H and O–H groups in total. The van der Waals surface area contributed by atoms with Crippen LogP contribution >= 0.6 is 0 Å². The lowest BCUT2D eigenvalue weighted by molar-refractivity contribution is -0.128. The lowest BCUT2D eigenvalue weighted by atomic mass is 10.2. The molecule has 3 heteroatoms. The summed E-state index contributed by atoms with van der Waals surface area (Å²) < 4.78 is 10.0. The Hall–Kier alpha value is -1.95. The van der Waals surface area contributed by atoms with Crippen LogP contribution in [0.2, 0.25) is 0 Å². The van der Waals surface area contributed by atoms with Crippen molar-refractivity contribution in [2.75, 3.05) is 7.11 Å². The van der Waals surface area contributed by atoms with Crippen molar-refractivity contribution in [3.63, 3.8) is 0 Å². The number of hydrogen-bond donors (Lipinski definition) is 0. The third kappa shape index (κ3) is 5.07. The Morgan fingerprint density at radius 3 is 2.47 bits per heavy atom. The predicted octanol–water partition coefficient (Wildman–Crippen LogP) is 2.79. The van der Waals surface area contributed by atoms with E-state index in [1.54, 1.807) is 31.4 Å². The summed E-state index contributed by atoms with van der Waals surface area (Å²) in [6.07, 6.45) is 2.80. The van der Waals surface area contributed by atoms with Gasteiger partial charge in [0.1, 0.15) is 11.5 Å². The molecular formula is C14H16O3. The van der Waals surface area contributed by atoms with Gasteiger partial charge in [0, 0.05) is 12.3 Å². The van der Waals surface area contributed by atoms with E-state index in [0.717, 1.165) is 25.0 Å². The molecular weight excluding hydrogens is 216 g/mol. The zero-order valence-corrected chi connectivity index (χ0v) is 10.2. The third-order valence-corrected chi connectivity index (χ3v) is 2.12. The maximum Gasteiger partial charge on any atom is 0.389 e. The second-order valence-electron chi connectivity index (χ2n) is 3.47. The molecule has 0 fully saturated rings. The highest BCUT2D eigenvalue weighted by Gasteiger charge is 2.00. The standard InChI is InChI=1S/C14H16O3/c1-3-4-5-6-7-14(15)17-13-10-8-12(16-2)9-11-13/h8-11H,3-5H2,1-2H3. The molecule has 0 spiro atoms. The number of unbranched alkanes of at least 4 members (excludes halogenated alkanes) is 2. The first-order valence-electron chi connectivity index (χ1n) is 5.61. The molecule has 3 nitrogen and oxygen atoms in total. The summed E-state index contributed by atoms with van der Waals surface area (Å²) in [5, 5.41) is 0. The Kier molecular flexibility index (Phi) is 5.67. The van der Waals surface area contributed by atoms with Crippen LogP contribution < -0.4 is 9.47 Å². The summed E-state index contributed by atoms with van der Waals surface area (Å²) in [6, 6.07) is 6.80. The minimum absolute atomic E-state index is 0.473.